The van der Waals surface area contributed by atoms with Gasteiger partial charge in [-0.1, -0.05) is 34.1 Å². The number of nitrogens with zero attached hydrogens (tertiary/aromatic N) is 2. The van der Waals surface area contributed by atoms with E-state index in [0.717, 1.165) is 10.2 Å². The fourth-order valence-electron chi connectivity index (χ4n) is 2.39. The van der Waals surface area contributed by atoms with Crippen molar-refractivity contribution in [2.75, 3.05) is 10.6 Å². The average molecular weight is 446 g/mol. The largest absolute Gasteiger partial charge is 0.455 e. The van der Waals surface area contributed by atoms with Gasteiger partial charge in [0.15, 0.2) is 5.13 Å². The lowest BCUT2D eigenvalue weighted by Gasteiger charge is -2.17. The van der Waals surface area contributed by atoms with Gasteiger partial charge >= 0.3 is 5.97 Å². The van der Waals surface area contributed by atoms with Crippen LogP contribution < -0.4 is 10.6 Å². The summed E-state index contributed by atoms with van der Waals surface area (Å²) in [5, 5.41) is 2.27. The minimum Gasteiger partial charge on any atom is -0.455 e. The van der Waals surface area contributed by atoms with Gasteiger partial charge in [-0.25, -0.2) is 9.78 Å². The quantitative estimate of drug-likeness (QED) is 0.460. The van der Waals surface area contributed by atoms with Gasteiger partial charge in [0.2, 0.25) is 5.91 Å². The van der Waals surface area contributed by atoms with Gasteiger partial charge in [0.05, 0.1) is 16.9 Å². The number of rotatable bonds is 5. The highest BCUT2D eigenvalue weighted by molar-refractivity contribution is 9.10. The minimum atomic E-state index is -0.533. The molecule has 0 aliphatic heterocycles. The number of para-hydroxylation sites is 1. The third-order valence-electron chi connectivity index (χ3n) is 3.65. The SMILES string of the molecule is CC(=O)N(c1ccccc1)c1nc(COC(=O)c2cc(Br)ccc2N)cs1. The zero-order valence-corrected chi connectivity index (χ0v) is 16.8. The molecular weight excluding hydrogens is 430 g/mol. The number of hydrogen-bond donors (Lipinski definition) is 1. The number of benzene rings is 2. The predicted molar refractivity (Wildman–Crippen MR) is 109 cm³/mol. The van der Waals surface area contributed by atoms with Gasteiger partial charge in [-0.05, 0) is 30.3 Å². The number of anilines is 3. The van der Waals surface area contributed by atoms with Gasteiger partial charge in [0, 0.05) is 22.5 Å². The number of amides is 1. The fourth-order valence-corrected chi connectivity index (χ4v) is 3.62. The van der Waals surface area contributed by atoms with E-state index in [0.29, 0.717) is 16.5 Å². The number of carbonyl (C=O) groups excluding carboxylic acids is 2. The minimum absolute atomic E-state index is 0.0121. The van der Waals surface area contributed by atoms with Crippen molar-refractivity contribution in [3.63, 3.8) is 0 Å². The number of nitrogen functional groups attached to an aromatic ring is 1. The van der Waals surface area contributed by atoms with Crippen LogP contribution in [-0.4, -0.2) is 16.9 Å². The maximum Gasteiger partial charge on any atom is 0.340 e. The smallest absolute Gasteiger partial charge is 0.340 e. The van der Waals surface area contributed by atoms with Gasteiger partial charge < -0.3 is 10.5 Å². The molecule has 27 heavy (non-hydrogen) atoms. The summed E-state index contributed by atoms with van der Waals surface area (Å²) in [7, 11) is 0. The van der Waals surface area contributed by atoms with Crippen LogP contribution in [0.2, 0.25) is 0 Å². The molecule has 8 heteroatoms. The Balaban J connectivity index is 1.73. The van der Waals surface area contributed by atoms with Gasteiger partial charge in [0.1, 0.15) is 6.61 Å². The number of halogens is 1. The molecule has 0 unspecified atom stereocenters. The zero-order chi connectivity index (χ0) is 19.4. The molecule has 0 aliphatic rings. The van der Waals surface area contributed by atoms with Crippen molar-refractivity contribution < 1.29 is 14.3 Å². The van der Waals surface area contributed by atoms with Crippen molar-refractivity contribution in [2.45, 2.75) is 13.5 Å². The first-order valence-corrected chi connectivity index (χ1v) is 9.65. The van der Waals surface area contributed by atoms with Crippen LogP contribution in [0.1, 0.15) is 23.0 Å². The second-order valence-corrected chi connectivity index (χ2v) is 7.37. The van der Waals surface area contributed by atoms with E-state index in [1.54, 1.807) is 23.6 Å². The van der Waals surface area contributed by atoms with Crippen LogP contribution in [0, 0.1) is 0 Å². The number of hydrogen-bond acceptors (Lipinski definition) is 6. The molecule has 0 spiro atoms. The highest BCUT2D eigenvalue weighted by atomic mass is 79.9. The lowest BCUT2D eigenvalue weighted by molar-refractivity contribution is -0.115. The van der Waals surface area contributed by atoms with Crippen LogP contribution in [0.4, 0.5) is 16.5 Å². The Labute approximate surface area is 168 Å². The number of esters is 1. The first-order valence-electron chi connectivity index (χ1n) is 7.98. The topological polar surface area (TPSA) is 85.5 Å². The van der Waals surface area contributed by atoms with Crippen molar-refractivity contribution in [3.05, 3.63) is 69.6 Å². The van der Waals surface area contributed by atoms with Crippen LogP contribution >= 0.6 is 27.3 Å². The average Bonchev–Trinajstić information content (AvgIpc) is 3.11. The zero-order valence-electron chi connectivity index (χ0n) is 14.4. The van der Waals surface area contributed by atoms with E-state index in [4.69, 9.17) is 10.5 Å². The summed E-state index contributed by atoms with van der Waals surface area (Å²) in [6.45, 7) is 1.46. The van der Waals surface area contributed by atoms with Gasteiger partial charge in [-0.3, -0.25) is 9.69 Å². The van der Waals surface area contributed by atoms with E-state index < -0.39 is 5.97 Å². The Morgan fingerprint density at radius 1 is 1.22 bits per heavy atom. The molecule has 2 aromatic carbocycles. The Bertz CT molecular complexity index is 975. The number of thiazole rings is 1. The standard InChI is InChI=1S/C19H16BrN3O3S/c1-12(24)23(15-5-3-2-4-6-15)19-22-14(11-27-19)10-26-18(25)16-9-13(20)7-8-17(16)21/h2-9,11H,10,21H2,1H3. The second kappa shape index (κ2) is 8.32. The molecule has 0 atom stereocenters. The Morgan fingerprint density at radius 3 is 2.67 bits per heavy atom. The number of ether oxygens (including phenoxy) is 1. The molecule has 0 saturated heterocycles. The van der Waals surface area contributed by atoms with E-state index in [2.05, 4.69) is 20.9 Å². The molecule has 0 bridgehead atoms. The molecule has 3 aromatic rings. The van der Waals surface area contributed by atoms with Crippen LogP contribution in [0.25, 0.3) is 0 Å². The molecule has 1 amide bonds. The molecule has 2 N–H and O–H groups in total. The molecule has 0 aliphatic carbocycles. The first kappa shape index (κ1) is 19.1. The number of nitrogens with two attached hydrogens (primary N) is 1. The molecule has 1 heterocycles. The molecule has 0 saturated carbocycles. The maximum atomic E-state index is 12.2. The van der Waals surface area contributed by atoms with Crippen molar-refractivity contribution in [1.82, 2.24) is 4.98 Å². The number of carbonyl (C=O) groups is 2. The second-order valence-electron chi connectivity index (χ2n) is 5.62. The van der Waals surface area contributed by atoms with Crippen molar-refractivity contribution in [1.29, 1.82) is 0 Å². The number of aromatic nitrogens is 1. The van der Waals surface area contributed by atoms with Gasteiger partial charge in [-0.15, -0.1) is 11.3 Å². The summed E-state index contributed by atoms with van der Waals surface area (Å²) in [5.74, 6) is -0.684. The Morgan fingerprint density at radius 2 is 1.96 bits per heavy atom. The van der Waals surface area contributed by atoms with Crippen LogP contribution in [0.15, 0.2) is 58.4 Å². The first-order chi connectivity index (χ1) is 13.0. The van der Waals surface area contributed by atoms with E-state index in [-0.39, 0.29) is 18.1 Å². The fraction of sp³-hybridized carbons (Fsp3) is 0.105. The Hall–Kier alpha value is -2.71. The summed E-state index contributed by atoms with van der Waals surface area (Å²) < 4.78 is 6.05. The van der Waals surface area contributed by atoms with Crippen molar-refractivity contribution >= 4 is 55.6 Å². The summed E-state index contributed by atoms with van der Waals surface area (Å²) in [5.41, 5.74) is 7.73. The molecular formula is C19H16BrN3O3S. The summed E-state index contributed by atoms with van der Waals surface area (Å²) in [4.78, 5) is 30.2. The van der Waals surface area contributed by atoms with Crippen molar-refractivity contribution in [3.8, 4) is 0 Å². The lowest BCUT2D eigenvalue weighted by atomic mass is 10.2. The van der Waals surface area contributed by atoms with Crippen LogP contribution in [0.3, 0.4) is 0 Å². The molecule has 1 aromatic heterocycles. The molecule has 138 valence electrons. The maximum absolute atomic E-state index is 12.2. The van der Waals surface area contributed by atoms with Gasteiger partial charge in [-0.2, -0.15) is 0 Å². The highest BCUT2D eigenvalue weighted by Crippen LogP contribution is 2.29. The van der Waals surface area contributed by atoms with Crippen molar-refractivity contribution in [2.24, 2.45) is 0 Å². The van der Waals surface area contributed by atoms with E-state index in [9.17, 15) is 9.59 Å². The molecule has 0 fully saturated rings. The normalized spacial score (nSPS) is 10.4. The van der Waals surface area contributed by atoms with E-state index in [1.807, 2.05) is 30.3 Å². The lowest BCUT2D eigenvalue weighted by Crippen LogP contribution is -2.22. The molecule has 3 rings (SSSR count). The van der Waals surface area contributed by atoms with Crippen LogP contribution in [0.5, 0.6) is 0 Å². The Kier molecular flexibility index (Phi) is 5.88. The predicted octanol–water partition coefficient (Wildman–Crippen LogP) is 4.53. The summed E-state index contributed by atoms with van der Waals surface area (Å²) >= 11 is 4.61. The van der Waals surface area contributed by atoms with E-state index in [1.165, 1.54) is 23.2 Å². The van der Waals surface area contributed by atoms with Crippen LogP contribution in [-0.2, 0) is 16.1 Å². The molecule has 6 nitrogen and oxygen atoms in total. The third-order valence-corrected chi connectivity index (χ3v) is 5.01. The molecule has 0 radical (unpaired) electrons. The third kappa shape index (κ3) is 4.53. The van der Waals surface area contributed by atoms with E-state index >= 15 is 0 Å². The monoisotopic (exact) mass is 445 g/mol. The summed E-state index contributed by atoms with van der Waals surface area (Å²) in [6.07, 6.45) is 0. The highest BCUT2D eigenvalue weighted by Gasteiger charge is 2.18. The van der Waals surface area contributed by atoms with Gasteiger partial charge in [0.25, 0.3) is 0 Å². The summed E-state index contributed by atoms with van der Waals surface area (Å²) in [6, 6.07) is 14.2.